The summed E-state index contributed by atoms with van der Waals surface area (Å²) in [7, 11) is 0. The standard InChI is InChI=1S/C11H16F2O2/c1-4-10(5-6-14)7-8(2)9(3)15-11(12)13/h6-7,11H,4-5H2,1-3H3/b9-8+,10-7+. The molecule has 0 aliphatic carbocycles. The Bertz CT molecular complexity index is 268. The van der Waals surface area contributed by atoms with Crippen LogP contribution in [-0.4, -0.2) is 12.9 Å². The van der Waals surface area contributed by atoms with E-state index in [2.05, 4.69) is 4.74 Å². The summed E-state index contributed by atoms with van der Waals surface area (Å²) in [5.74, 6) is 0.182. The molecule has 0 heterocycles. The molecular weight excluding hydrogens is 202 g/mol. The van der Waals surface area contributed by atoms with Crippen LogP contribution in [0, 0.1) is 0 Å². The van der Waals surface area contributed by atoms with Crippen LogP contribution in [0.3, 0.4) is 0 Å². The first-order valence-electron chi connectivity index (χ1n) is 4.76. The molecule has 0 aromatic carbocycles. The molecule has 0 fully saturated rings. The minimum absolute atomic E-state index is 0.182. The lowest BCUT2D eigenvalue weighted by molar-refractivity contribution is -0.107. The largest absolute Gasteiger partial charge is 0.439 e. The molecule has 0 N–H and O–H groups in total. The number of carbonyl (C=O) groups excluding carboxylic acids is 1. The maximum absolute atomic E-state index is 11.9. The zero-order valence-electron chi connectivity index (χ0n) is 9.22. The van der Waals surface area contributed by atoms with Gasteiger partial charge in [0.15, 0.2) is 0 Å². The molecule has 0 saturated carbocycles. The van der Waals surface area contributed by atoms with E-state index in [1.165, 1.54) is 6.92 Å². The summed E-state index contributed by atoms with van der Waals surface area (Å²) in [6, 6.07) is 0. The third-order valence-corrected chi connectivity index (χ3v) is 2.04. The third-order valence-electron chi connectivity index (χ3n) is 2.04. The van der Waals surface area contributed by atoms with Gasteiger partial charge in [-0.15, -0.1) is 0 Å². The van der Waals surface area contributed by atoms with Gasteiger partial charge in [0, 0.05) is 6.42 Å². The van der Waals surface area contributed by atoms with Crippen molar-refractivity contribution in [3.05, 3.63) is 23.0 Å². The lowest BCUT2D eigenvalue weighted by Gasteiger charge is -2.07. The van der Waals surface area contributed by atoms with Gasteiger partial charge in [-0.25, -0.2) is 0 Å². The van der Waals surface area contributed by atoms with Crippen molar-refractivity contribution in [1.82, 2.24) is 0 Å². The molecule has 15 heavy (non-hydrogen) atoms. The highest BCUT2D eigenvalue weighted by Gasteiger charge is 2.05. The van der Waals surface area contributed by atoms with E-state index < -0.39 is 6.61 Å². The highest BCUT2D eigenvalue weighted by molar-refractivity contribution is 5.54. The molecule has 86 valence electrons. The van der Waals surface area contributed by atoms with Crippen molar-refractivity contribution < 1.29 is 18.3 Å². The summed E-state index contributed by atoms with van der Waals surface area (Å²) >= 11 is 0. The molecule has 2 nitrogen and oxygen atoms in total. The van der Waals surface area contributed by atoms with Gasteiger partial charge in [-0.1, -0.05) is 18.6 Å². The van der Waals surface area contributed by atoms with Crippen LogP contribution in [-0.2, 0) is 9.53 Å². The number of aldehydes is 1. The van der Waals surface area contributed by atoms with Crippen LogP contribution in [0.1, 0.15) is 33.6 Å². The first-order chi connectivity index (χ1) is 7.01. The monoisotopic (exact) mass is 218 g/mol. The average molecular weight is 218 g/mol. The number of allylic oxidation sites excluding steroid dienone is 4. The highest BCUT2D eigenvalue weighted by Crippen LogP contribution is 2.15. The number of carbonyl (C=O) groups is 1. The predicted molar refractivity (Wildman–Crippen MR) is 54.5 cm³/mol. The Hall–Kier alpha value is -1.19. The molecule has 4 heteroatoms. The number of alkyl halides is 2. The summed E-state index contributed by atoms with van der Waals surface area (Å²) < 4.78 is 28.0. The molecule has 0 amide bonds. The molecule has 0 saturated heterocycles. The van der Waals surface area contributed by atoms with Crippen LogP contribution in [0.15, 0.2) is 23.0 Å². The van der Waals surface area contributed by atoms with Crippen molar-refractivity contribution in [3.63, 3.8) is 0 Å². The van der Waals surface area contributed by atoms with Gasteiger partial charge in [0.2, 0.25) is 0 Å². The third kappa shape index (κ3) is 5.99. The van der Waals surface area contributed by atoms with Crippen LogP contribution >= 0.6 is 0 Å². The molecule has 0 aliphatic heterocycles. The van der Waals surface area contributed by atoms with Crippen LogP contribution in [0.4, 0.5) is 8.78 Å². The van der Waals surface area contributed by atoms with Gasteiger partial charge in [-0.3, -0.25) is 0 Å². The number of ether oxygens (including phenoxy) is 1. The van der Waals surface area contributed by atoms with Gasteiger partial charge >= 0.3 is 6.61 Å². The topological polar surface area (TPSA) is 26.3 Å². The van der Waals surface area contributed by atoms with E-state index in [4.69, 9.17) is 0 Å². The van der Waals surface area contributed by atoms with Gasteiger partial charge in [0.05, 0.1) is 0 Å². The Morgan fingerprint density at radius 3 is 2.40 bits per heavy atom. The van der Waals surface area contributed by atoms with Gasteiger partial charge in [0.25, 0.3) is 0 Å². The van der Waals surface area contributed by atoms with Gasteiger partial charge in [0.1, 0.15) is 12.0 Å². The number of halogens is 2. The van der Waals surface area contributed by atoms with E-state index in [1.54, 1.807) is 13.0 Å². The second-order valence-electron chi connectivity index (χ2n) is 3.14. The SMILES string of the molecule is CC/C(=C\C(C)=C(/C)OC(F)F)CC=O. The molecular formula is C11H16F2O2. The molecule has 0 spiro atoms. The van der Waals surface area contributed by atoms with Crippen molar-refractivity contribution in [2.24, 2.45) is 0 Å². The minimum Gasteiger partial charge on any atom is -0.439 e. The maximum Gasteiger partial charge on any atom is 0.387 e. The van der Waals surface area contributed by atoms with E-state index in [0.29, 0.717) is 12.0 Å². The fourth-order valence-electron chi connectivity index (χ4n) is 1.05. The average Bonchev–Trinajstić information content (AvgIpc) is 2.15. The molecule has 0 aromatic rings. The summed E-state index contributed by atoms with van der Waals surface area (Å²) in [5, 5.41) is 0. The van der Waals surface area contributed by atoms with Crippen molar-refractivity contribution in [3.8, 4) is 0 Å². The van der Waals surface area contributed by atoms with Crippen molar-refractivity contribution >= 4 is 6.29 Å². The lowest BCUT2D eigenvalue weighted by Crippen LogP contribution is -1.98. The van der Waals surface area contributed by atoms with Crippen molar-refractivity contribution in [2.75, 3.05) is 0 Å². The molecule has 0 unspecified atom stereocenters. The molecule has 0 aromatic heterocycles. The summed E-state index contributed by atoms with van der Waals surface area (Å²) in [4.78, 5) is 10.3. The van der Waals surface area contributed by atoms with E-state index in [-0.39, 0.29) is 5.76 Å². The minimum atomic E-state index is -2.80. The normalized spacial score (nSPS) is 13.9. The van der Waals surface area contributed by atoms with Crippen LogP contribution < -0.4 is 0 Å². The zero-order valence-corrected chi connectivity index (χ0v) is 9.22. The number of rotatable bonds is 6. The highest BCUT2D eigenvalue weighted by atomic mass is 19.3. The van der Waals surface area contributed by atoms with Crippen molar-refractivity contribution in [2.45, 2.75) is 40.2 Å². The fourth-order valence-corrected chi connectivity index (χ4v) is 1.05. The fraction of sp³-hybridized carbons (Fsp3) is 0.545. The van der Waals surface area contributed by atoms with Gasteiger partial charge in [-0.05, 0) is 25.8 Å². The number of hydrogen-bond donors (Lipinski definition) is 0. The molecule has 0 atom stereocenters. The Balaban J connectivity index is 4.65. The molecule has 0 bridgehead atoms. The zero-order chi connectivity index (χ0) is 11.8. The van der Waals surface area contributed by atoms with Gasteiger partial charge < -0.3 is 9.53 Å². The van der Waals surface area contributed by atoms with Gasteiger partial charge in [-0.2, -0.15) is 8.78 Å². The molecule has 0 aliphatic rings. The van der Waals surface area contributed by atoms with E-state index >= 15 is 0 Å². The van der Waals surface area contributed by atoms with Crippen LogP contribution in [0.2, 0.25) is 0 Å². The van der Waals surface area contributed by atoms with E-state index in [9.17, 15) is 13.6 Å². The molecule has 0 radical (unpaired) electrons. The Kier molecular flexibility index (Phi) is 6.58. The van der Waals surface area contributed by atoms with Crippen molar-refractivity contribution in [1.29, 1.82) is 0 Å². The lowest BCUT2D eigenvalue weighted by atomic mass is 10.1. The number of hydrogen-bond acceptors (Lipinski definition) is 2. The summed E-state index contributed by atoms with van der Waals surface area (Å²) in [6.07, 6.45) is 3.56. The maximum atomic E-state index is 11.9. The quantitative estimate of drug-likeness (QED) is 0.388. The first-order valence-corrected chi connectivity index (χ1v) is 4.76. The second-order valence-corrected chi connectivity index (χ2v) is 3.14. The van der Waals surface area contributed by atoms with Crippen LogP contribution in [0.25, 0.3) is 0 Å². The summed E-state index contributed by atoms with van der Waals surface area (Å²) in [5.41, 5.74) is 1.52. The predicted octanol–water partition coefficient (Wildman–Crippen LogP) is 3.44. The van der Waals surface area contributed by atoms with E-state index in [1.807, 2.05) is 6.92 Å². The Morgan fingerprint density at radius 1 is 1.40 bits per heavy atom. The second kappa shape index (κ2) is 7.15. The smallest absolute Gasteiger partial charge is 0.387 e. The Labute approximate surface area is 88.6 Å². The molecule has 0 rings (SSSR count). The Morgan fingerprint density at radius 2 is 2.00 bits per heavy atom. The van der Waals surface area contributed by atoms with Crippen LogP contribution in [0.5, 0.6) is 0 Å². The summed E-state index contributed by atoms with van der Waals surface area (Å²) in [6.45, 7) is 2.26. The van der Waals surface area contributed by atoms with E-state index in [0.717, 1.165) is 18.3 Å². The first kappa shape index (κ1) is 13.8.